The number of hydrogen-bond donors (Lipinski definition) is 1. The highest BCUT2D eigenvalue weighted by atomic mass is 19.1. The van der Waals surface area contributed by atoms with Crippen LogP contribution in [-0.2, 0) is 6.54 Å². The number of rotatable bonds is 3. The molecular formula is C12H17FN2. The minimum absolute atomic E-state index is 0.0183. The third kappa shape index (κ3) is 2.76. The van der Waals surface area contributed by atoms with Crippen molar-refractivity contribution in [3.63, 3.8) is 0 Å². The second kappa shape index (κ2) is 4.73. The zero-order chi connectivity index (χ0) is 10.7. The molecule has 0 unspecified atom stereocenters. The molecule has 1 aromatic rings. The molecule has 1 fully saturated rings. The first-order valence-electron chi connectivity index (χ1n) is 5.35. The van der Waals surface area contributed by atoms with Gasteiger partial charge >= 0.3 is 0 Å². The van der Waals surface area contributed by atoms with Gasteiger partial charge in [0.15, 0.2) is 0 Å². The third-order valence-electron chi connectivity index (χ3n) is 2.84. The maximum atomic E-state index is 13.4. The molecule has 0 amide bonds. The molecule has 2 atom stereocenters. The zero-order valence-electron chi connectivity index (χ0n) is 8.99. The van der Waals surface area contributed by atoms with Crippen molar-refractivity contribution >= 4 is 0 Å². The van der Waals surface area contributed by atoms with Crippen molar-refractivity contribution in [1.29, 1.82) is 0 Å². The van der Waals surface area contributed by atoms with Gasteiger partial charge < -0.3 is 10.2 Å². The van der Waals surface area contributed by atoms with Gasteiger partial charge in [0.05, 0.1) is 6.04 Å². The second-order valence-corrected chi connectivity index (χ2v) is 4.21. The quantitative estimate of drug-likeness (QED) is 0.808. The smallest absolute Gasteiger partial charge is 0.129 e. The zero-order valence-corrected chi connectivity index (χ0v) is 8.99. The van der Waals surface area contributed by atoms with Gasteiger partial charge in [0.2, 0.25) is 0 Å². The van der Waals surface area contributed by atoms with Gasteiger partial charge in [-0.25, -0.2) is 4.39 Å². The van der Waals surface area contributed by atoms with Crippen LogP contribution in [-0.4, -0.2) is 37.3 Å². The van der Waals surface area contributed by atoms with Crippen molar-refractivity contribution in [2.75, 3.05) is 20.1 Å². The van der Waals surface area contributed by atoms with Crippen molar-refractivity contribution in [3.8, 4) is 0 Å². The molecular weight excluding hydrogens is 191 g/mol. The number of nitrogens with zero attached hydrogens (tertiary/aromatic N) is 1. The molecule has 1 heterocycles. The Balaban J connectivity index is 1.84. The number of nitrogens with one attached hydrogen (secondary N) is 1. The van der Waals surface area contributed by atoms with Gasteiger partial charge in [-0.1, -0.05) is 30.3 Å². The SMILES string of the molecule is CN1C[C@H](NCc2ccccc2)[C@@H](F)C1. The Bertz CT molecular complexity index is 302. The van der Waals surface area contributed by atoms with Crippen LogP contribution in [0.4, 0.5) is 4.39 Å². The summed E-state index contributed by atoms with van der Waals surface area (Å²) in [4.78, 5) is 2.02. The van der Waals surface area contributed by atoms with Crippen LogP contribution in [0.15, 0.2) is 30.3 Å². The molecule has 1 aromatic carbocycles. The molecule has 0 spiro atoms. The fraction of sp³-hybridized carbons (Fsp3) is 0.500. The Morgan fingerprint density at radius 3 is 2.67 bits per heavy atom. The number of alkyl halides is 1. The number of likely N-dealkylation sites (N-methyl/N-ethyl adjacent to an activating group) is 1. The monoisotopic (exact) mass is 208 g/mol. The summed E-state index contributed by atoms with van der Waals surface area (Å²) in [6, 6.07) is 10.1. The van der Waals surface area contributed by atoms with Gasteiger partial charge in [-0.2, -0.15) is 0 Å². The Morgan fingerprint density at radius 2 is 2.07 bits per heavy atom. The van der Waals surface area contributed by atoms with E-state index in [1.54, 1.807) is 0 Å². The molecule has 0 bridgehead atoms. The molecule has 0 aliphatic carbocycles. The Kier molecular flexibility index (Phi) is 3.34. The van der Waals surface area contributed by atoms with Gasteiger partial charge in [-0.3, -0.25) is 0 Å². The first-order valence-corrected chi connectivity index (χ1v) is 5.35. The van der Waals surface area contributed by atoms with Gasteiger partial charge in [-0.15, -0.1) is 0 Å². The summed E-state index contributed by atoms with van der Waals surface area (Å²) in [5, 5.41) is 3.26. The number of hydrogen-bond acceptors (Lipinski definition) is 2. The lowest BCUT2D eigenvalue weighted by atomic mass is 10.2. The minimum atomic E-state index is -0.737. The maximum Gasteiger partial charge on any atom is 0.129 e. The Morgan fingerprint density at radius 1 is 1.33 bits per heavy atom. The van der Waals surface area contributed by atoms with Crippen LogP contribution >= 0.6 is 0 Å². The normalized spacial score (nSPS) is 27.1. The van der Waals surface area contributed by atoms with E-state index in [2.05, 4.69) is 17.4 Å². The van der Waals surface area contributed by atoms with E-state index >= 15 is 0 Å². The highest BCUT2D eigenvalue weighted by Gasteiger charge is 2.29. The molecule has 2 nitrogen and oxygen atoms in total. The Hall–Kier alpha value is -0.930. The van der Waals surface area contributed by atoms with Crippen molar-refractivity contribution in [3.05, 3.63) is 35.9 Å². The predicted octanol–water partition coefficient (Wildman–Crippen LogP) is 1.43. The summed E-state index contributed by atoms with van der Waals surface area (Å²) >= 11 is 0. The Labute approximate surface area is 90.1 Å². The average molecular weight is 208 g/mol. The van der Waals surface area contributed by atoms with Crippen LogP contribution in [0.3, 0.4) is 0 Å². The number of likely N-dealkylation sites (tertiary alicyclic amines) is 1. The minimum Gasteiger partial charge on any atom is -0.306 e. The predicted molar refractivity (Wildman–Crippen MR) is 59.5 cm³/mol. The molecule has 0 aromatic heterocycles. The maximum absolute atomic E-state index is 13.4. The summed E-state index contributed by atoms with van der Waals surface area (Å²) in [6.07, 6.45) is -0.737. The van der Waals surface area contributed by atoms with Crippen molar-refractivity contribution in [2.24, 2.45) is 0 Å². The molecule has 1 aliphatic heterocycles. The lowest BCUT2D eigenvalue weighted by Gasteiger charge is -2.14. The first-order chi connectivity index (χ1) is 7.25. The highest BCUT2D eigenvalue weighted by molar-refractivity contribution is 5.14. The largest absolute Gasteiger partial charge is 0.306 e. The van der Waals surface area contributed by atoms with Crippen LogP contribution in [0.2, 0.25) is 0 Å². The van der Waals surface area contributed by atoms with Gasteiger partial charge in [0.1, 0.15) is 6.17 Å². The van der Waals surface area contributed by atoms with E-state index in [1.165, 1.54) is 5.56 Å². The van der Waals surface area contributed by atoms with E-state index < -0.39 is 6.17 Å². The van der Waals surface area contributed by atoms with Gasteiger partial charge in [-0.05, 0) is 12.6 Å². The molecule has 82 valence electrons. The van der Waals surface area contributed by atoms with Crippen LogP contribution in [0, 0.1) is 0 Å². The number of halogens is 1. The van der Waals surface area contributed by atoms with E-state index in [0.717, 1.165) is 13.1 Å². The molecule has 1 saturated heterocycles. The lowest BCUT2D eigenvalue weighted by Crippen LogP contribution is -2.36. The standard InChI is InChI=1S/C12H17FN2/c1-15-8-11(13)12(9-15)14-7-10-5-3-2-4-6-10/h2-6,11-12,14H,7-9H2,1H3/t11-,12-/m0/s1. The van der Waals surface area contributed by atoms with E-state index in [4.69, 9.17) is 0 Å². The molecule has 1 aliphatic rings. The summed E-state index contributed by atoms with van der Waals surface area (Å²) < 4.78 is 13.4. The molecule has 0 radical (unpaired) electrons. The molecule has 0 saturated carbocycles. The van der Waals surface area contributed by atoms with Crippen molar-refractivity contribution in [2.45, 2.75) is 18.8 Å². The van der Waals surface area contributed by atoms with E-state index in [0.29, 0.717) is 6.54 Å². The van der Waals surface area contributed by atoms with Crippen LogP contribution in [0.1, 0.15) is 5.56 Å². The molecule has 15 heavy (non-hydrogen) atoms. The summed E-state index contributed by atoms with van der Waals surface area (Å²) in [5.41, 5.74) is 1.21. The van der Waals surface area contributed by atoms with Crippen LogP contribution in [0.5, 0.6) is 0 Å². The first kappa shape index (κ1) is 10.6. The summed E-state index contributed by atoms with van der Waals surface area (Å²) in [5.74, 6) is 0. The van der Waals surface area contributed by atoms with Gasteiger partial charge in [0, 0.05) is 19.6 Å². The summed E-state index contributed by atoms with van der Waals surface area (Å²) in [7, 11) is 1.96. The van der Waals surface area contributed by atoms with E-state index in [9.17, 15) is 4.39 Å². The molecule has 3 heteroatoms. The molecule has 1 N–H and O–H groups in total. The average Bonchev–Trinajstić information content (AvgIpc) is 2.56. The van der Waals surface area contributed by atoms with Crippen LogP contribution in [0.25, 0.3) is 0 Å². The third-order valence-corrected chi connectivity index (χ3v) is 2.84. The topological polar surface area (TPSA) is 15.3 Å². The van der Waals surface area contributed by atoms with Crippen LogP contribution < -0.4 is 5.32 Å². The van der Waals surface area contributed by atoms with Crippen molar-refractivity contribution < 1.29 is 4.39 Å². The second-order valence-electron chi connectivity index (χ2n) is 4.21. The highest BCUT2D eigenvalue weighted by Crippen LogP contribution is 2.12. The van der Waals surface area contributed by atoms with E-state index in [-0.39, 0.29) is 6.04 Å². The fourth-order valence-electron chi connectivity index (χ4n) is 1.99. The summed E-state index contributed by atoms with van der Waals surface area (Å²) in [6.45, 7) is 2.10. The molecule has 2 rings (SSSR count). The number of benzene rings is 1. The lowest BCUT2D eigenvalue weighted by molar-refractivity contribution is 0.290. The van der Waals surface area contributed by atoms with Gasteiger partial charge in [0.25, 0.3) is 0 Å². The fourth-order valence-corrected chi connectivity index (χ4v) is 1.99. The van der Waals surface area contributed by atoms with Crippen molar-refractivity contribution in [1.82, 2.24) is 10.2 Å². The van der Waals surface area contributed by atoms with E-state index in [1.807, 2.05) is 30.1 Å².